The molecule has 0 spiro atoms. The first-order valence-electron chi connectivity index (χ1n) is 4.54. The fraction of sp³-hybridized carbons (Fsp3) is 0.500. The molecule has 0 atom stereocenters. The average Bonchev–Trinajstić information content (AvgIpc) is 2.47. The molecular formula is C10H15NO2. The smallest absolute Gasteiger partial charge is 0.339 e. The molecular weight excluding hydrogens is 166 g/mol. The zero-order chi connectivity index (χ0) is 9.84. The topological polar surface area (TPSA) is 42.1 Å². The molecule has 0 aliphatic rings. The summed E-state index contributed by atoms with van der Waals surface area (Å²) in [6, 6.07) is 1.83. The number of ether oxygens (including phenoxy) is 1. The number of aryl methyl sites for hydroxylation is 2. The molecule has 0 amide bonds. The lowest BCUT2D eigenvalue weighted by Gasteiger charge is -2.00. The van der Waals surface area contributed by atoms with E-state index in [1.165, 1.54) is 0 Å². The summed E-state index contributed by atoms with van der Waals surface area (Å²) >= 11 is 0. The maximum absolute atomic E-state index is 11.4. The van der Waals surface area contributed by atoms with Gasteiger partial charge in [-0.2, -0.15) is 0 Å². The van der Waals surface area contributed by atoms with Gasteiger partial charge in [-0.05, 0) is 26.3 Å². The van der Waals surface area contributed by atoms with Crippen LogP contribution in [-0.4, -0.2) is 17.6 Å². The molecule has 1 rings (SSSR count). The van der Waals surface area contributed by atoms with Gasteiger partial charge >= 0.3 is 5.97 Å². The van der Waals surface area contributed by atoms with Crippen molar-refractivity contribution in [3.63, 3.8) is 0 Å². The molecule has 0 aliphatic carbocycles. The van der Waals surface area contributed by atoms with E-state index in [0.29, 0.717) is 12.2 Å². The van der Waals surface area contributed by atoms with Crippen LogP contribution in [0.25, 0.3) is 0 Å². The van der Waals surface area contributed by atoms with E-state index in [-0.39, 0.29) is 5.97 Å². The average molecular weight is 181 g/mol. The highest BCUT2D eigenvalue weighted by Crippen LogP contribution is 2.12. The first kappa shape index (κ1) is 9.84. The van der Waals surface area contributed by atoms with E-state index in [1.807, 2.05) is 26.8 Å². The zero-order valence-electron chi connectivity index (χ0n) is 8.31. The molecule has 0 bridgehead atoms. The molecule has 1 heterocycles. The normalized spacial score (nSPS) is 10.1. The van der Waals surface area contributed by atoms with Gasteiger partial charge in [-0.1, -0.05) is 6.92 Å². The van der Waals surface area contributed by atoms with Crippen molar-refractivity contribution in [1.29, 1.82) is 0 Å². The lowest BCUT2D eigenvalue weighted by atomic mass is 10.2. The minimum atomic E-state index is -0.233. The van der Waals surface area contributed by atoms with Crippen molar-refractivity contribution in [3.8, 4) is 0 Å². The molecule has 0 unspecified atom stereocenters. The Balaban J connectivity index is 2.91. The van der Waals surface area contributed by atoms with Gasteiger partial charge in [-0.25, -0.2) is 4.79 Å². The maximum Gasteiger partial charge on any atom is 0.339 e. The fourth-order valence-corrected chi connectivity index (χ4v) is 1.31. The van der Waals surface area contributed by atoms with E-state index in [2.05, 4.69) is 4.98 Å². The Bertz CT molecular complexity index is 302. The van der Waals surface area contributed by atoms with Gasteiger partial charge < -0.3 is 9.72 Å². The summed E-state index contributed by atoms with van der Waals surface area (Å²) < 4.78 is 4.92. The van der Waals surface area contributed by atoms with Crippen molar-refractivity contribution in [2.75, 3.05) is 6.61 Å². The number of esters is 1. The molecule has 3 nitrogen and oxygen atoms in total. The third kappa shape index (κ3) is 2.11. The van der Waals surface area contributed by atoms with Crippen LogP contribution < -0.4 is 0 Å². The van der Waals surface area contributed by atoms with Gasteiger partial charge in [-0.15, -0.1) is 0 Å². The summed E-state index contributed by atoms with van der Waals surface area (Å²) in [7, 11) is 0. The van der Waals surface area contributed by atoms with Crippen molar-refractivity contribution < 1.29 is 9.53 Å². The predicted octanol–water partition coefficient (Wildman–Crippen LogP) is 2.06. The van der Waals surface area contributed by atoms with Crippen molar-refractivity contribution in [2.45, 2.75) is 27.2 Å². The van der Waals surface area contributed by atoms with Gasteiger partial charge in [-0.3, -0.25) is 0 Å². The molecule has 0 radical (unpaired) electrons. The van der Waals surface area contributed by atoms with E-state index in [0.717, 1.165) is 17.8 Å². The predicted molar refractivity (Wildman–Crippen MR) is 50.9 cm³/mol. The van der Waals surface area contributed by atoms with Crippen molar-refractivity contribution in [1.82, 2.24) is 4.98 Å². The monoisotopic (exact) mass is 181 g/mol. The molecule has 1 aromatic heterocycles. The third-order valence-corrected chi connectivity index (χ3v) is 1.88. The molecule has 0 fully saturated rings. The van der Waals surface area contributed by atoms with Crippen LogP contribution >= 0.6 is 0 Å². The number of rotatable bonds is 3. The highest BCUT2D eigenvalue weighted by atomic mass is 16.5. The largest absolute Gasteiger partial charge is 0.462 e. The quantitative estimate of drug-likeness (QED) is 0.725. The third-order valence-electron chi connectivity index (χ3n) is 1.88. The van der Waals surface area contributed by atoms with Crippen LogP contribution in [0.4, 0.5) is 0 Å². The van der Waals surface area contributed by atoms with Gasteiger partial charge in [0.15, 0.2) is 0 Å². The standard InChI is InChI=1S/C10H15NO2/c1-4-9-8(6-7(3)11-9)10(12)13-5-2/h6,11H,4-5H2,1-3H3. The Labute approximate surface area is 78.1 Å². The highest BCUT2D eigenvalue weighted by molar-refractivity contribution is 5.91. The van der Waals surface area contributed by atoms with E-state index >= 15 is 0 Å². The molecule has 13 heavy (non-hydrogen) atoms. The molecule has 72 valence electrons. The first-order chi connectivity index (χ1) is 6.19. The van der Waals surface area contributed by atoms with Crippen LogP contribution in [0.1, 0.15) is 35.6 Å². The molecule has 0 saturated heterocycles. The van der Waals surface area contributed by atoms with Crippen molar-refractivity contribution >= 4 is 5.97 Å². The number of hydrogen-bond acceptors (Lipinski definition) is 2. The summed E-state index contributed by atoms with van der Waals surface area (Å²) in [5, 5.41) is 0. The Morgan fingerprint density at radius 1 is 1.54 bits per heavy atom. The fourth-order valence-electron chi connectivity index (χ4n) is 1.31. The molecule has 1 aromatic rings. The van der Waals surface area contributed by atoms with E-state index < -0.39 is 0 Å². The summed E-state index contributed by atoms with van der Waals surface area (Å²) in [5.74, 6) is -0.233. The molecule has 1 N–H and O–H groups in total. The van der Waals surface area contributed by atoms with E-state index in [9.17, 15) is 4.79 Å². The number of aromatic nitrogens is 1. The molecule has 0 aromatic carbocycles. The summed E-state index contributed by atoms with van der Waals surface area (Å²) in [6.45, 7) is 6.17. The highest BCUT2D eigenvalue weighted by Gasteiger charge is 2.13. The zero-order valence-corrected chi connectivity index (χ0v) is 8.31. The summed E-state index contributed by atoms with van der Waals surface area (Å²) in [6.07, 6.45) is 0.821. The second-order valence-corrected chi connectivity index (χ2v) is 2.92. The van der Waals surface area contributed by atoms with E-state index in [1.54, 1.807) is 0 Å². The number of carbonyl (C=O) groups excluding carboxylic acids is 1. The summed E-state index contributed by atoms with van der Waals surface area (Å²) in [5.41, 5.74) is 2.62. The Kier molecular flexibility index (Phi) is 3.12. The van der Waals surface area contributed by atoms with Crippen LogP contribution in [0.3, 0.4) is 0 Å². The van der Waals surface area contributed by atoms with E-state index in [4.69, 9.17) is 4.74 Å². The number of aromatic amines is 1. The Morgan fingerprint density at radius 3 is 2.77 bits per heavy atom. The van der Waals surface area contributed by atoms with Gasteiger partial charge in [0.1, 0.15) is 0 Å². The summed E-state index contributed by atoms with van der Waals surface area (Å²) in [4.78, 5) is 14.5. The first-order valence-corrected chi connectivity index (χ1v) is 4.54. The molecule has 0 saturated carbocycles. The Hall–Kier alpha value is -1.25. The second-order valence-electron chi connectivity index (χ2n) is 2.92. The SMILES string of the molecule is CCOC(=O)c1cc(C)[nH]c1CC. The number of carbonyl (C=O) groups is 1. The van der Waals surface area contributed by atoms with Gasteiger partial charge in [0.05, 0.1) is 12.2 Å². The van der Waals surface area contributed by atoms with Gasteiger partial charge in [0.2, 0.25) is 0 Å². The van der Waals surface area contributed by atoms with Crippen LogP contribution in [0.15, 0.2) is 6.07 Å². The van der Waals surface area contributed by atoms with Crippen LogP contribution in [-0.2, 0) is 11.2 Å². The minimum Gasteiger partial charge on any atom is -0.462 e. The van der Waals surface area contributed by atoms with Crippen molar-refractivity contribution in [2.24, 2.45) is 0 Å². The number of hydrogen-bond donors (Lipinski definition) is 1. The van der Waals surface area contributed by atoms with Crippen LogP contribution in [0.5, 0.6) is 0 Å². The molecule has 3 heteroatoms. The van der Waals surface area contributed by atoms with Crippen LogP contribution in [0, 0.1) is 6.92 Å². The number of nitrogens with one attached hydrogen (secondary N) is 1. The van der Waals surface area contributed by atoms with Gasteiger partial charge in [0.25, 0.3) is 0 Å². The van der Waals surface area contributed by atoms with Crippen molar-refractivity contribution in [3.05, 3.63) is 23.0 Å². The number of H-pyrrole nitrogens is 1. The maximum atomic E-state index is 11.4. The van der Waals surface area contributed by atoms with Crippen LogP contribution in [0.2, 0.25) is 0 Å². The molecule has 0 aliphatic heterocycles. The lowest BCUT2D eigenvalue weighted by Crippen LogP contribution is -2.05. The van der Waals surface area contributed by atoms with Gasteiger partial charge in [0, 0.05) is 11.4 Å². The second kappa shape index (κ2) is 4.12. The lowest BCUT2D eigenvalue weighted by molar-refractivity contribution is 0.0525. The minimum absolute atomic E-state index is 0.233. The Morgan fingerprint density at radius 2 is 2.23 bits per heavy atom.